The summed E-state index contributed by atoms with van der Waals surface area (Å²) in [7, 11) is 0. The van der Waals surface area contributed by atoms with Crippen LogP contribution >= 0.6 is 0 Å². The summed E-state index contributed by atoms with van der Waals surface area (Å²) in [6.07, 6.45) is -1.33. The number of amides is 1. The van der Waals surface area contributed by atoms with E-state index in [2.05, 4.69) is 20.7 Å². The number of ether oxygens (including phenoxy) is 2. The van der Waals surface area contributed by atoms with Crippen LogP contribution in [0.2, 0.25) is 0 Å². The second-order valence-corrected chi connectivity index (χ2v) is 8.53. The van der Waals surface area contributed by atoms with Gasteiger partial charge in [-0.1, -0.05) is 12.1 Å². The number of pyridine rings is 1. The molecular formula is C24H24F3N5O3. The van der Waals surface area contributed by atoms with E-state index in [9.17, 15) is 18.0 Å². The maximum Gasteiger partial charge on any atom is 0.411 e. The lowest BCUT2D eigenvalue weighted by Crippen LogP contribution is -2.43. The van der Waals surface area contributed by atoms with E-state index in [1.54, 1.807) is 29.1 Å². The first-order chi connectivity index (χ1) is 16.9. The van der Waals surface area contributed by atoms with E-state index in [-0.39, 0.29) is 30.9 Å². The topological polar surface area (TPSA) is 90.3 Å². The molecule has 35 heavy (non-hydrogen) atoms. The highest BCUT2D eigenvalue weighted by molar-refractivity contribution is 6.01. The number of aromatic nitrogens is 3. The molecule has 0 aliphatic carbocycles. The van der Waals surface area contributed by atoms with Crippen molar-refractivity contribution >= 4 is 11.7 Å². The molecular weight excluding hydrogens is 463 g/mol. The molecule has 1 amide bonds. The largest absolute Gasteiger partial charge is 0.491 e. The van der Waals surface area contributed by atoms with Crippen LogP contribution in [-0.2, 0) is 24.3 Å². The number of benzene rings is 1. The van der Waals surface area contributed by atoms with Crippen LogP contribution in [0.1, 0.15) is 28.0 Å². The fourth-order valence-electron chi connectivity index (χ4n) is 4.32. The Labute approximate surface area is 199 Å². The van der Waals surface area contributed by atoms with Crippen molar-refractivity contribution in [3.05, 3.63) is 59.4 Å². The zero-order valence-corrected chi connectivity index (χ0v) is 18.8. The number of halogens is 3. The minimum atomic E-state index is -4.37. The SMILES string of the molecule is O=C(N[C@H]1COc2ccc(COCC(F)(F)F)cc2C1)c1nn2c(c1-c1ccccn1)NCCC2. The van der Waals surface area contributed by atoms with Gasteiger partial charge in [0.1, 0.15) is 24.8 Å². The van der Waals surface area contributed by atoms with Gasteiger partial charge < -0.3 is 20.1 Å². The third-order valence-electron chi connectivity index (χ3n) is 5.83. The van der Waals surface area contributed by atoms with Gasteiger partial charge in [-0.05, 0) is 48.2 Å². The summed E-state index contributed by atoms with van der Waals surface area (Å²) in [5.74, 6) is 1.08. The average Bonchev–Trinajstić information content (AvgIpc) is 3.23. The molecule has 0 fully saturated rings. The van der Waals surface area contributed by atoms with Crippen molar-refractivity contribution in [3.8, 4) is 17.0 Å². The molecule has 0 saturated carbocycles. The van der Waals surface area contributed by atoms with E-state index >= 15 is 0 Å². The zero-order valence-electron chi connectivity index (χ0n) is 18.8. The maximum atomic E-state index is 13.3. The molecule has 184 valence electrons. The predicted octanol–water partition coefficient (Wildman–Crippen LogP) is 3.57. The summed E-state index contributed by atoms with van der Waals surface area (Å²) >= 11 is 0. The minimum Gasteiger partial charge on any atom is -0.491 e. The molecule has 0 saturated heterocycles. The van der Waals surface area contributed by atoms with Gasteiger partial charge in [-0.2, -0.15) is 18.3 Å². The van der Waals surface area contributed by atoms with Gasteiger partial charge in [0, 0.05) is 19.3 Å². The molecule has 11 heteroatoms. The molecule has 0 spiro atoms. The van der Waals surface area contributed by atoms with E-state index in [0.29, 0.717) is 35.5 Å². The van der Waals surface area contributed by atoms with Crippen LogP contribution in [0.5, 0.6) is 5.75 Å². The Kier molecular flexibility index (Phi) is 6.33. The van der Waals surface area contributed by atoms with Gasteiger partial charge in [0.05, 0.1) is 23.9 Å². The summed E-state index contributed by atoms with van der Waals surface area (Å²) in [4.78, 5) is 17.7. The standard InChI is InChI=1S/C24H24F3N5O3/c25-24(26,27)14-34-12-15-5-6-19-16(10-15)11-17(13-35-19)30-23(33)21-20(18-4-1-2-7-28-18)22-29-8-3-9-32(22)31-21/h1-2,4-7,10,17,29H,3,8-9,11-14H2,(H,30,33)/t17-/m1/s1. The lowest BCUT2D eigenvalue weighted by Gasteiger charge is -2.26. The Morgan fingerprint density at radius 1 is 1.29 bits per heavy atom. The van der Waals surface area contributed by atoms with Crippen molar-refractivity contribution in [1.29, 1.82) is 0 Å². The van der Waals surface area contributed by atoms with Crippen molar-refractivity contribution in [3.63, 3.8) is 0 Å². The lowest BCUT2D eigenvalue weighted by molar-refractivity contribution is -0.176. The van der Waals surface area contributed by atoms with Gasteiger partial charge in [0.15, 0.2) is 5.69 Å². The monoisotopic (exact) mass is 487 g/mol. The summed E-state index contributed by atoms with van der Waals surface area (Å²) in [5, 5.41) is 10.9. The van der Waals surface area contributed by atoms with Crippen LogP contribution in [0.25, 0.3) is 11.3 Å². The molecule has 1 aromatic carbocycles. The third kappa shape index (κ3) is 5.24. The number of hydrogen-bond donors (Lipinski definition) is 2. The molecule has 8 nitrogen and oxygen atoms in total. The van der Waals surface area contributed by atoms with Gasteiger partial charge >= 0.3 is 6.18 Å². The fourth-order valence-corrected chi connectivity index (χ4v) is 4.32. The second-order valence-electron chi connectivity index (χ2n) is 8.53. The number of carbonyl (C=O) groups excluding carboxylic acids is 1. The maximum absolute atomic E-state index is 13.3. The second kappa shape index (κ2) is 9.57. The lowest BCUT2D eigenvalue weighted by atomic mass is 10.00. The first kappa shape index (κ1) is 23.2. The first-order valence-corrected chi connectivity index (χ1v) is 11.3. The van der Waals surface area contributed by atoms with Gasteiger partial charge in [-0.25, -0.2) is 4.68 Å². The number of aryl methyl sites for hydroxylation is 1. The summed E-state index contributed by atoms with van der Waals surface area (Å²) in [5.41, 5.74) is 3.00. The van der Waals surface area contributed by atoms with Crippen LogP contribution in [0.3, 0.4) is 0 Å². The molecule has 1 atom stereocenters. The van der Waals surface area contributed by atoms with E-state index in [1.165, 1.54) is 0 Å². The summed E-state index contributed by atoms with van der Waals surface area (Å²) in [6.45, 7) is 0.294. The third-order valence-corrected chi connectivity index (χ3v) is 5.83. The smallest absolute Gasteiger partial charge is 0.411 e. The highest BCUT2D eigenvalue weighted by Crippen LogP contribution is 2.33. The number of fused-ring (bicyclic) bond motifs is 2. The zero-order chi connectivity index (χ0) is 24.4. The molecule has 0 unspecified atom stereocenters. The van der Waals surface area contributed by atoms with Crippen LogP contribution < -0.4 is 15.4 Å². The normalized spacial score (nSPS) is 17.1. The Bertz CT molecular complexity index is 1210. The Hall–Kier alpha value is -3.60. The molecule has 4 heterocycles. The Morgan fingerprint density at radius 2 is 2.17 bits per heavy atom. The molecule has 2 aliphatic heterocycles. The van der Waals surface area contributed by atoms with E-state index in [0.717, 1.165) is 24.3 Å². The minimum absolute atomic E-state index is 0.162. The van der Waals surface area contributed by atoms with Gasteiger partial charge in [-0.3, -0.25) is 9.78 Å². The van der Waals surface area contributed by atoms with Gasteiger partial charge in [0.25, 0.3) is 5.91 Å². The van der Waals surface area contributed by atoms with E-state index < -0.39 is 12.8 Å². The molecule has 2 aromatic heterocycles. The van der Waals surface area contributed by atoms with Crippen LogP contribution in [0.4, 0.5) is 19.0 Å². The number of carbonyl (C=O) groups is 1. The quantitative estimate of drug-likeness (QED) is 0.553. The fraction of sp³-hybridized carbons (Fsp3) is 0.375. The average molecular weight is 487 g/mol. The molecule has 2 N–H and O–H groups in total. The number of hydrogen-bond acceptors (Lipinski definition) is 6. The Balaban J connectivity index is 1.31. The first-order valence-electron chi connectivity index (χ1n) is 11.3. The van der Waals surface area contributed by atoms with E-state index in [4.69, 9.17) is 9.47 Å². The molecule has 0 bridgehead atoms. The predicted molar refractivity (Wildman–Crippen MR) is 121 cm³/mol. The number of anilines is 1. The van der Waals surface area contributed by atoms with Crippen molar-refractivity contribution in [2.75, 3.05) is 25.1 Å². The number of rotatable bonds is 6. The van der Waals surface area contributed by atoms with Crippen molar-refractivity contribution in [2.45, 2.75) is 38.2 Å². The number of nitrogens with zero attached hydrogens (tertiary/aromatic N) is 3. The highest BCUT2D eigenvalue weighted by atomic mass is 19.4. The van der Waals surface area contributed by atoms with Crippen LogP contribution in [0.15, 0.2) is 42.6 Å². The number of nitrogens with one attached hydrogen (secondary N) is 2. The van der Waals surface area contributed by atoms with Crippen LogP contribution in [-0.4, -0.2) is 52.6 Å². The highest BCUT2D eigenvalue weighted by Gasteiger charge is 2.30. The molecule has 3 aromatic rings. The van der Waals surface area contributed by atoms with Crippen LogP contribution in [0, 0.1) is 0 Å². The van der Waals surface area contributed by atoms with E-state index in [1.807, 2.05) is 18.2 Å². The molecule has 0 radical (unpaired) electrons. The van der Waals surface area contributed by atoms with Crippen molar-refractivity contribution < 1.29 is 27.4 Å². The number of alkyl halides is 3. The van der Waals surface area contributed by atoms with Gasteiger partial charge in [0.2, 0.25) is 0 Å². The van der Waals surface area contributed by atoms with Crippen molar-refractivity contribution in [2.24, 2.45) is 0 Å². The summed E-state index contributed by atoms with van der Waals surface area (Å²) in [6, 6.07) is 10.3. The molecule has 5 rings (SSSR count). The Morgan fingerprint density at radius 3 is 2.97 bits per heavy atom. The van der Waals surface area contributed by atoms with Gasteiger partial charge in [-0.15, -0.1) is 0 Å². The summed E-state index contributed by atoms with van der Waals surface area (Å²) < 4.78 is 49.4. The molecule has 2 aliphatic rings. The van der Waals surface area contributed by atoms with Crippen molar-refractivity contribution in [1.82, 2.24) is 20.1 Å².